The molecule has 0 atom stereocenters. The highest BCUT2D eigenvalue weighted by atomic mass is 16.5. The van der Waals surface area contributed by atoms with E-state index in [1.165, 1.54) is 0 Å². The van der Waals surface area contributed by atoms with Crippen LogP contribution in [0.1, 0.15) is 25.8 Å². The Morgan fingerprint density at radius 3 is 3.06 bits per heavy atom. The largest absolute Gasteiger partial charge is 0.477 e. The fourth-order valence-electron chi connectivity index (χ4n) is 1.27. The van der Waals surface area contributed by atoms with Crippen LogP contribution in [-0.4, -0.2) is 18.1 Å². The van der Waals surface area contributed by atoms with Crippen LogP contribution in [0.3, 0.4) is 0 Å². The lowest BCUT2D eigenvalue weighted by Crippen LogP contribution is -2.13. The number of hydrogen-bond acceptors (Lipinski definition) is 3. The number of nitrogens with one attached hydrogen (secondary N) is 1. The molecular weight excluding hydrogens is 200 g/mol. The third-order valence-electron chi connectivity index (χ3n) is 2.18. The lowest BCUT2D eigenvalue weighted by atomic mass is 10.2. The highest BCUT2D eigenvalue weighted by Gasteiger charge is 2.03. The zero-order chi connectivity index (χ0) is 11.8. The summed E-state index contributed by atoms with van der Waals surface area (Å²) in [6.07, 6.45) is 2.63. The van der Waals surface area contributed by atoms with Gasteiger partial charge in [-0.15, -0.1) is 6.58 Å². The average molecular weight is 220 g/mol. The van der Waals surface area contributed by atoms with Crippen LogP contribution in [0.4, 0.5) is 0 Å². The van der Waals surface area contributed by atoms with Gasteiger partial charge in [-0.25, -0.2) is 4.98 Å². The van der Waals surface area contributed by atoms with Gasteiger partial charge < -0.3 is 10.1 Å². The van der Waals surface area contributed by atoms with Gasteiger partial charge in [-0.3, -0.25) is 0 Å². The molecule has 0 aromatic carbocycles. The molecule has 0 saturated carbocycles. The van der Waals surface area contributed by atoms with Gasteiger partial charge in [0.05, 0.1) is 6.61 Å². The third kappa shape index (κ3) is 4.45. The van der Waals surface area contributed by atoms with E-state index >= 15 is 0 Å². The lowest BCUT2D eigenvalue weighted by molar-refractivity contribution is 0.305. The summed E-state index contributed by atoms with van der Waals surface area (Å²) in [6.45, 7) is 10.3. The molecule has 1 rings (SSSR count). The Balaban J connectivity index is 2.52. The summed E-state index contributed by atoms with van der Waals surface area (Å²) in [6, 6.07) is 3.96. The first-order valence-electron chi connectivity index (χ1n) is 5.65. The summed E-state index contributed by atoms with van der Waals surface area (Å²) < 4.78 is 5.63. The average Bonchev–Trinajstić information content (AvgIpc) is 2.27. The van der Waals surface area contributed by atoms with Crippen molar-refractivity contribution in [2.75, 3.05) is 13.2 Å². The van der Waals surface area contributed by atoms with E-state index in [2.05, 4.69) is 23.8 Å². The molecule has 0 aliphatic rings. The smallest absolute Gasteiger partial charge is 0.217 e. The van der Waals surface area contributed by atoms with Crippen LogP contribution in [0.5, 0.6) is 5.88 Å². The Morgan fingerprint density at radius 1 is 1.56 bits per heavy atom. The number of nitrogens with zero attached hydrogens (tertiary/aromatic N) is 1. The number of hydrogen-bond donors (Lipinski definition) is 1. The molecule has 3 heteroatoms. The first-order chi connectivity index (χ1) is 7.74. The summed E-state index contributed by atoms with van der Waals surface area (Å²) >= 11 is 0. The van der Waals surface area contributed by atoms with Crippen molar-refractivity contribution in [1.82, 2.24) is 10.3 Å². The van der Waals surface area contributed by atoms with E-state index < -0.39 is 0 Å². The minimum absolute atomic E-state index is 0.644. The van der Waals surface area contributed by atoms with E-state index in [1.807, 2.05) is 19.1 Å². The number of rotatable bonds is 7. The molecular formula is C13H20N2O. The molecule has 16 heavy (non-hydrogen) atoms. The van der Waals surface area contributed by atoms with Gasteiger partial charge in [0, 0.05) is 24.7 Å². The molecule has 0 amide bonds. The second-order valence-electron chi connectivity index (χ2n) is 3.80. The number of aromatic nitrogens is 1. The van der Waals surface area contributed by atoms with Gasteiger partial charge in [-0.1, -0.05) is 18.6 Å². The van der Waals surface area contributed by atoms with Gasteiger partial charge in [0.2, 0.25) is 5.88 Å². The van der Waals surface area contributed by atoms with E-state index in [1.54, 1.807) is 6.20 Å². The van der Waals surface area contributed by atoms with Gasteiger partial charge >= 0.3 is 0 Å². The number of pyridine rings is 1. The molecule has 0 aliphatic heterocycles. The molecule has 0 bridgehead atoms. The molecule has 1 N–H and O–H groups in total. The van der Waals surface area contributed by atoms with Gasteiger partial charge in [-0.05, 0) is 19.5 Å². The van der Waals surface area contributed by atoms with Crippen molar-refractivity contribution < 1.29 is 4.74 Å². The topological polar surface area (TPSA) is 34.1 Å². The fraction of sp³-hybridized carbons (Fsp3) is 0.462. The van der Waals surface area contributed by atoms with Crippen molar-refractivity contribution in [1.29, 1.82) is 0 Å². The first-order valence-corrected chi connectivity index (χ1v) is 5.65. The zero-order valence-corrected chi connectivity index (χ0v) is 10.1. The van der Waals surface area contributed by atoms with Crippen molar-refractivity contribution in [2.45, 2.75) is 26.8 Å². The van der Waals surface area contributed by atoms with Gasteiger partial charge in [0.15, 0.2) is 0 Å². The molecule has 0 aliphatic carbocycles. The van der Waals surface area contributed by atoms with Crippen molar-refractivity contribution in [3.05, 3.63) is 36.0 Å². The molecule has 1 aromatic heterocycles. The summed E-state index contributed by atoms with van der Waals surface area (Å²) in [5.74, 6) is 0.727. The molecule has 1 aromatic rings. The van der Waals surface area contributed by atoms with E-state index in [4.69, 9.17) is 4.74 Å². The molecule has 0 unspecified atom stereocenters. The molecule has 0 radical (unpaired) electrons. The Hall–Kier alpha value is -1.35. The maximum Gasteiger partial charge on any atom is 0.217 e. The summed E-state index contributed by atoms with van der Waals surface area (Å²) in [4.78, 5) is 4.24. The molecule has 0 spiro atoms. The van der Waals surface area contributed by atoms with E-state index in [-0.39, 0.29) is 0 Å². The normalized spacial score (nSPS) is 10.1. The van der Waals surface area contributed by atoms with Crippen LogP contribution < -0.4 is 10.1 Å². The standard InChI is InChI=1S/C13H20N2O/c1-4-14-10-12-6-5-8-15-13(12)16-9-7-11(2)3/h5-6,8,14H,2,4,7,9-10H2,1,3H3. The maximum absolute atomic E-state index is 5.63. The highest BCUT2D eigenvalue weighted by Crippen LogP contribution is 2.14. The summed E-state index contributed by atoms with van der Waals surface area (Å²) in [5.41, 5.74) is 2.23. The van der Waals surface area contributed by atoms with Gasteiger partial charge in [0.1, 0.15) is 0 Å². The lowest BCUT2D eigenvalue weighted by Gasteiger charge is -2.10. The van der Waals surface area contributed by atoms with Crippen LogP contribution in [0, 0.1) is 0 Å². The van der Waals surface area contributed by atoms with Crippen molar-refractivity contribution in [2.24, 2.45) is 0 Å². The fourth-order valence-corrected chi connectivity index (χ4v) is 1.27. The van der Waals surface area contributed by atoms with E-state index in [0.29, 0.717) is 6.61 Å². The number of ether oxygens (including phenoxy) is 1. The van der Waals surface area contributed by atoms with Crippen LogP contribution in [0.15, 0.2) is 30.5 Å². The molecule has 0 fully saturated rings. The SMILES string of the molecule is C=C(C)CCOc1ncccc1CNCC. The maximum atomic E-state index is 5.63. The summed E-state index contributed by atoms with van der Waals surface area (Å²) in [7, 11) is 0. The third-order valence-corrected chi connectivity index (χ3v) is 2.18. The monoisotopic (exact) mass is 220 g/mol. The van der Waals surface area contributed by atoms with Crippen LogP contribution in [-0.2, 0) is 6.54 Å². The molecule has 1 heterocycles. The molecule has 88 valence electrons. The van der Waals surface area contributed by atoms with Crippen molar-refractivity contribution in [3.63, 3.8) is 0 Å². The van der Waals surface area contributed by atoms with Gasteiger partial charge in [-0.2, -0.15) is 0 Å². The zero-order valence-electron chi connectivity index (χ0n) is 10.1. The minimum atomic E-state index is 0.644. The first kappa shape index (κ1) is 12.7. The molecule has 0 saturated heterocycles. The van der Waals surface area contributed by atoms with Crippen molar-refractivity contribution >= 4 is 0 Å². The van der Waals surface area contributed by atoms with Crippen molar-refractivity contribution in [3.8, 4) is 5.88 Å². The molecule has 3 nitrogen and oxygen atoms in total. The van der Waals surface area contributed by atoms with Crippen LogP contribution >= 0.6 is 0 Å². The van der Waals surface area contributed by atoms with E-state index in [9.17, 15) is 0 Å². The minimum Gasteiger partial charge on any atom is -0.477 e. The second kappa shape index (κ2) is 7.01. The highest BCUT2D eigenvalue weighted by molar-refractivity contribution is 5.25. The Bertz CT molecular complexity index is 336. The van der Waals surface area contributed by atoms with Gasteiger partial charge in [0.25, 0.3) is 0 Å². The van der Waals surface area contributed by atoms with E-state index in [0.717, 1.165) is 36.5 Å². The van der Waals surface area contributed by atoms with Crippen LogP contribution in [0.2, 0.25) is 0 Å². The Morgan fingerprint density at radius 2 is 2.38 bits per heavy atom. The van der Waals surface area contributed by atoms with Crippen LogP contribution in [0.25, 0.3) is 0 Å². The second-order valence-corrected chi connectivity index (χ2v) is 3.80. The quantitative estimate of drug-likeness (QED) is 0.717. The Labute approximate surface area is 97.5 Å². The predicted octanol–water partition coefficient (Wildman–Crippen LogP) is 2.54. The Kier molecular flexibility index (Phi) is 5.57. The predicted molar refractivity (Wildman–Crippen MR) is 66.5 cm³/mol. The summed E-state index contributed by atoms with van der Waals surface area (Å²) in [5, 5.41) is 3.27.